The zero-order chi connectivity index (χ0) is 19.8. The van der Waals surface area contributed by atoms with E-state index in [9.17, 15) is 4.79 Å². The number of hydrogen-bond acceptors (Lipinski definition) is 4. The zero-order valence-electron chi connectivity index (χ0n) is 16.4. The van der Waals surface area contributed by atoms with Gasteiger partial charge in [-0.15, -0.1) is 35.4 Å². The van der Waals surface area contributed by atoms with E-state index in [-0.39, 0.29) is 31.6 Å². The number of hydrogen-bond donors (Lipinski definition) is 1. The number of benzene rings is 2. The van der Waals surface area contributed by atoms with E-state index in [0.29, 0.717) is 0 Å². The predicted molar refractivity (Wildman–Crippen MR) is 108 cm³/mol. The first-order chi connectivity index (χ1) is 12.9. The summed E-state index contributed by atoms with van der Waals surface area (Å²) in [6.07, 6.45) is 2.97. The Morgan fingerprint density at radius 1 is 1.04 bits per heavy atom. The molecule has 28 heavy (non-hydrogen) atoms. The smallest absolute Gasteiger partial charge is 0.155 e. The van der Waals surface area contributed by atoms with Crippen LogP contribution in [0.4, 0.5) is 0 Å². The summed E-state index contributed by atoms with van der Waals surface area (Å²) in [5, 5.41) is 8.36. The summed E-state index contributed by atoms with van der Waals surface area (Å²) in [4.78, 5) is 19.3. The summed E-state index contributed by atoms with van der Waals surface area (Å²) in [7, 11) is 0. The van der Waals surface area contributed by atoms with Crippen LogP contribution in [0.25, 0.3) is 22.5 Å². The van der Waals surface area contributed by atoms with E-state index in [1.165, 1.54) is 19.9 Å². The van der Waals surface area contributed by atoms with Crippen molar-refractivity contribution < 1.29 is 30.0 Å². The molecular formula is C23H23IrN2O2-. The fraction of sp³-hybridized carbons (Fsp3) is 0.174. The maximum absolute atomic E-state index is 10.0. The van der Waals surface area contributed by atoms with Gasteiger partial charge in [0.15, 0.2) is 5.78 Å². The number of aryl methyl sites for hydroxylation is 2. The number of aromatic nitrogens is 2. The molecular weight excluding hydrogens is 528 g/mol. The quantitative estimate of drug-likeness (QED) is 0.274. The van der Waals surface area contributed by atoms with Crippen molar-refractivity contribution >= 4 is 5.78 Å². The van der Waals surface area contributed by atoms with Gasteiger partial charge in [-0.05, 0) is 26.3 Å². The van der Waals surface area contributed by atoms with E-state index in [1.54, 1.807) is 0 Å². The van der Waals surface area contributed by atoms with Crippen molar-refractivity contribution in [2.75, 3.05) is 0 Å². The second-order valence-electron chi connectivity index (χ2n) is 6.20. The summed E-state index contributed by atoms with van der Waals surface area (Å²) >= 11 is 0. The molecule has 1 radical (unpaired) electrons. The molecule has 2 aromatic carbocycles. The van der Waals surface area contributed by atoms with Crippen LogP contribution in [0.3, 0.4) is 0 Å². The Hall–Kier alpha value is -2.62. The van der Waals surface area contributed by atoms with E-state index in [4.69, 9.17) is 5.11 Å². The van der Waals surface area contributed by atoms with Crippen molar-refractivity contribution in [2.24, 2.45) is 0 Å². The number of ketones is 1. The van der Waals surface area contributed by atoms with E-state index in [0.717, 1.165) is 33.8 Å². The van der Waals surface area contributed by atoms with Gasteiger partial charge in [0.2, 0.25) is 0 Å². The molecule has 0 saturated heterocycles. The van der Waals surface area contributed by atoms with Crippen molar-refractivity contribution in [1.82, 2.24) is 9.97 Å². The van der Waals surface area contributed by atoms with Crippen LogP contribution in [-0.2, 0) is 24.9 Å². The van der Waals surface area contributed by atoms with Gasteiger partial charge in [0, 0.05) is 38.1 Å². The average molecular weight is 552 g/mol. The zero-order valence-corrected chi connectivity index (χ0v) is 18.8. The van der Waals surface area contributed by atoms with Crippen LogP contribution in [0.5, 0.6) is 0 Å². The Balaban J connectivity index is 0.000000425. The van der Waals surface area contributed by atoms with Crippen LogP contribution in [0.1, 0.15) is 25.1 Å². The van der Waals surface area contributed by atoms with Gasteiger partial charge < -0.3 is 10.1 Å². The average Bonchev–Trinajstić information content (AvgIpc) is 2.62. The Labute approximate surface area is 179 Å². The standard InChI is InChI=1S/C18H15N2.C5H8O2.Ir/c1-13-8-6-7-11-16(13)18-17(20-14(2)12-19-18)15-9-4-3-5-10-15;1-4(6)3-5(2)7;/h3-10,12H,1-2H3;3,6H,1-2H3;/q-1;;/b;4-3-;. The first-order valence-corrected chi connectivity index (χ1v) is 8.63. The van der Waals surface area contributed by atoms with Crippen LogP contribution in [-0.4, -0.2) is 20.9 Å². The second-order valence-corrected chi connectivity index (χ2v) is 6.20. The minimum Gasteiger partial charge on any atom is -0.512 e. The molecule has 0 spiro atoms. The third kappa shape index (κ3) is 6.84. The molecule has 3 aromatic rings. The summed E-state index contributed by atoms with van der Waals surface area (Å²) in [5.74, 6) is -0.0625. The van der Waals surface area contributed by atoms with Gasteiger partial charge in [-0.1, -0.05) is 37.3 Å². The Bertz CT molecular complexity index is 950. The van der Waals surface area contributed by atoms with Crippen LogP contribution in [0.15, 0.2) is 66.6 Å². The molecule has 0 bridgehead atoms. The molecule has 1 N–H and O–H groups in total. The number of aliphatic hydroxyl groups is 1. The summed E-state index contributed by atoms with van der Waals surface area (Å²) < 4.78 is 0. The molecule has 0 unspecified atom stereocenters. The third-order valence-electron chi connectivity index (χ3n) is 3.65. The Morgan fingerprint density at radius 3 is 2.25 bits per heavy atom. The van der Waals surface area contributed by atoms with Crippen LogP contribution in [0.2, 0.25) is 0 Å². The fourth-order valence-electron chi connectivity index (χ4n) is 2.53. The number of carbonyl (C=O) groups excluding carboxylic acids is 1. The molecule has 0 fully saturated rings. The molecule has 0 aliphatic carbocycles. The topological polar surface area (TPSA) is 63.1 Å². The van der Waals surface area contributed by atoms with Gasteiger partial charge in [-0.25, -0.2) is 0 Å². The van der Waals surface area contributed by atoms with E-state index < -0.39 is 0 Å². The van der Waals surface area contributed by atoms with Crippen LogP contribution in [0, 0.1) is 19.9 Å². The Morgan fingerprint density at radius 2 is 1.71 bits per heavy atom. The molecule has 3 rings (SSSR count). The summed E-state index contributed by atoms with van der Waals surface area (Å²) in [5.41, 5.74) is 5.97. The summed E-state index contributed by atoms with van der Waals surface area (Å²) in [6, 6.07) is 19.4. The summed E-state index contributed by atoms with van der Waals surface area (Å²) in [6.45, 7) is 6.88. The van der Waals surface area contributed by atoms with Crippen molar-refractivity contribution in [3.8, 4) is 22.5 Å². The maximum Gasteiger partial charge on any atom is 0.155 e. The molecule has 5 heteroatoms. The molecule has 1 heterocycles. The molecule has 0 aliphatic rings. The number of aliphatic hydroxyl groups excluding tert-OH is 1. The minimum absolute atomic E-state index is 0. The monoisotopic (exact) mass is 552 g/mol. The Kier molecular flexibility index (Phi) is 9.43. The molecule has 1 aromatic heterocycles. The number of carbonyl (C=O) groups is 1. The molecule has 0 saturated carbocycles. The minimum atomic E-state index is -0.125. The van der Waals surface area contributed by atoms with Crippen LogP contribution >= 0.6 is 0 Å². The van der Waals surface area contributed by atoms with Gasteiger partial charge in [-0.3, -0.25) is 9.78 Å². The van der Waals surface area contributed by atoms with Gasteiger partial charge in [0.05, 0.1) is 17.1 Å². The fourth-order valence-corrected chi connectivity index (χ4v) is 2.53. The van der Waals surface area contributed by atoms with Gasteiger partial charge >= 0.3 is 0 Å². The molecule has 0 aliphatic heterocycles. The number of nitrogens with zero attached hydrogens (tertiary/aromatic N) is 2. The molecule has 0 atom stereocenters. The third-order valence-corrected chi connectivity index (χ3v) is 3.65. The van der Waals surface area contributed by atoms with E-state index >= 15 is 0 Å². The van der Waals surface area contributed by atoms with E-state index in [2.05, 4.69) is 41.2 Å². The van der Waals surface area contributed by atoms with Crippen molar-refractivity contribution in [1.29, 1.82) is 0 Å². The van der Waals surface area contributed by atoms with Crippen molar-refractivity contribution in [3.63, 3.8) is 0 Å². The van der Waals surface area contributed by atoms with Gasteiger partial charge in [0.25, 0.3) is 0 Å². The molecule has 0 amide bonds. The molecule has 4 nitrogen and oxygen atoms in total. The largest absolute Gasteiger partial charge is 0.512 e. The van der Waals surface area contributed by atoms with Gasteiger partial charge in [-0.2, -0.15) is 0 Å². The van der Waals surface area contributed by atoms with Crippen molar-refractivity contribution in [2.45, 2.75) is 27.7 Å². The van der Waals surface area contributed by atoms with Crippen molar-refractivity contribution in [3.05, 3.63) is 83.9 Å². The van der Waals surface area contributed by atoms with Crippen LogP contribution < -0.4 is 0 Å². The predicted octanol–water partition coefficient (Wildman–Crippen LogP) is 5.26. The first-order valence-electron chi connectivity index (χ1n) is 8.63. The second kappa shape index (κ2) is 11.3. The first kappa shape index (κ1) is 23.4. The van der Waals surface area contributed by atoms with E-state index in [1.807, 2.05) is 43.5 Å². The maximum atomic E-state index is 10.0. The number of rotatable bonds is 3. The van der Waals surface area contributed by atoms with Gasteiger partial charge in [0.1, 0.15) is 0 Å². The molecule has 147 valence electrons. The normalized spacial score (nSPS) is 10.4. The number of allylic oxidation sites excluding steroid dienone is 2. The SMILES string of the molecule is CC(=O)/C=C(/C)O.Cc1cnc(-c2[c-]cccc2C)c(-c2ccccc2)n1.[Ir].